The van der Waals surface area contributed by atoms with E-state index in [0.29, 0.717) is 17.8 Å². The van der Waals surface area contributed by atoms with Crippen molar-refractivity contribution >= 4 is 29.4 Å². The summed E-state index contributed by atoms with van der Waals surface area (Å²) in [5.41, 5.74) is 16.0. The summed E-state index contributed by atoms with van der Waals surface area (Å²) < 4.78 is 12.3. The van der Waals surface area contributed by atoms with Gasteiger partial charge in [-0.3, -0.25) is 0 Å². The number of carbonyl (C=O) groups excluding carboxylic acids is 2. The first kappa shape index (κ1) is 38.8. The summed E-state index contributed by atoms with van der Waals surface area (Å²) in [6.07, 6.45) is 0.251. The number of amidine groups is 1. The van der Waals surface area contributed by atoms with Gasteiger partial charge in [0.25, 0.3) is 10.2 Å². The van der Waals surface area contributed by atoms with Crippen molar-refractivity contribution in [2.24, 2.45) is 16.1 Å². The number of ether oxygens (including phenoxy) is 2. The van der Waals surface area contributed by atoms with Crippen LogP contribution in [0.5, 0.6) is 0 Å². The van der Waals surface area contributed by atoms with Crippen molar-refractivity contribution in [2.45, 2.75) is 71.1 Å². The highest BCUT2D eigenvalue weighted by Crippen LogP contribution is 2.26. The van der Waals surface area contributed by atoms with Gasteiger partial charge < -0.3 is 29.4 Å². The van der Waals surface area contributed by atoms with Crippen molar-refractivity contribution in [2.75, 3.05) is 13.2 Å². The van der Waals surface area contributed by atoms with Crippen molar-refractivity contribution in [1.29, 1.82) is 5.53 Å². The summed E-state index contributed by atoms with van der Waals surface area (Å²) in [5.74, 6) is -1.04. The monoisotopic (exact) mass is 716 g/mol. The Hall–Kier alpha value is -5.65. The summed E-state index contributed by atoms with van der Waals surface area (Å²) >= 11 is 6.45. The highest BCUT2D eigenvalue weighted by Gasteiger charge is 2.28. The summed E-state index contributed by atoms with van der Waals surface area (Å²) in [4.78, 5) is 59.9. The second-order valence-electron chi connectivity index (χ2n) is 10.9. The van der Waals surface area contributed by atoms with Gasteiger partial charge in [-0.05, 0) is 49.3 Å². The summed E-state index contributed by atoms with van der Waals surface area (Å²) in [6.45, 7) is 2.85. The third-order valence-electron chi connectivity index (χ3n) is 7.30. The molecule has 0 bridgehead atoms. The molecular weight excluding hydrogens is 680 g/mol. The molecule has 0 saturated carbocycles. The molecule has 50 heavy (non-hydrogen) atoms. The predicted molar refractivity (Wildman–Crippen MR) is 177 cm³/mol. The van der Waals surface area contributed by atoms with Crippen LogP contribution in [0.2, 0.25) is 5.15 Å². The van der Waals surface area contributed by atoms with E-state index in [1.165, 1.54) is 6.92 Å². The lowest BCUT2D eigenvalue weighted by molar-refractivity contribution is -0.790. The largest absolute Gasteiger partial charge is 0.463 e. The number of nitrogens with zero attached hydrogens (tertiary/aromatic N) is 6. The predicted octanol–water partition coefficient (Wildman–Crippen LogP) is 5.29. The average molecular weight is 717 g/mol. The topological polar surface area (TPSA) is 250 Å². The fourth-order valence-corrected chi connectivity index (χ4v) is 5.13. The van der Waals surface area contributed by atoms with Crippen molar-refractivity contribution < 1.29 is 38.9 Å². The van der Waals surface area contributed by atoms with E-state index in [-0.39, 0.29) is 49.1 Å². The zero-order valence-electron chi connectivity index (χ0n) is 27.4. The second kappa shape index (κ2) is 19.4. The normalized spacial score (nSPS) is 12.4. The molecule has 18 nitrogen and oxygen atoms in total. The molecular formula is C31H37ClN8O10. The molecule has 3 N–H and O–H groups in total. The van der Waals surface area contributed by atoms with Gasteiger partial charge in [-0.1, -0.05) is 78.7 Å². The van der Waals surface area contributed by atoms with Gasteiger partial charge in [0.1, 0.15) is 18.5 Å². The maximum atomic E-state index is 13.4. The molecule has 0 amide bonds. The lowest BCUT2D eigenvalue weighted by Gasteiger charge is -2.16. The Balaban J connectivity index is 1.67. The average Bonchev–Trinajstić information content (AvgIpc) is 3.39. The SMILES string of the molecule is CCCCc1nc(Cl)c(C(=O)OC(C)C(=O)OCCCCC(CO[N+](=O)[O-])O[N+](=O)[O-])n1Cc1ccc(-c2ccccc2C(N)=NN=N)cc1. The Morgan fingerprint density at radius 3 is 2.46 bits per heavy atom. The number of halogens is 1. The minimum atomic E-state index is -1.31. The number of aryl methyl sites for hydroxylation is 1. The highest BCUT2D eigenvalue weighted by atomic mass is 35.5. The van der Waals surface area contributed by atoms with E-state index < -0.39 is 40.9 Å². The van der Waals surface area contributed by atoms with Crippen LogP contribution in [0, 0.1) is 25.8 Å². The number of rotatable bonds is 21. The second-order valence-corrected chi connectivity index (χ2v) is 11.2. The van der Waals surface area contributed by atoms with E-state index in [9.17, 15) is 29.8 Å². The van der Waals surface area contributed by atoms with Gasteiger partial charge in [0.2, 0.25) is 0 Å². The summed E-state index contributed by atoms with van der Waals surface area (Å²) in [6, 6.07) is 14.8. The number of benzene rings is 2. The van der Waals surface area contributed by atoms with E-state index in [1.807, 2.05) is 43.3 Å². The smallest absolute Gasteiger partial charge is 0.359 e. The minimum absolute atomic E-state index is 0.0243. The zero-order chi connectivity index (χ0) is 36.6. The van der Waals surface area contributed by atoms with Crippen LogP contribution in [0.15, 0.2) is 58.9 Å². The van der Waals surface area contributed by atoms with Gasteiger partial charge in [-0.25, -0.2) is 14.6 Å². The number of unbranched alkanes of at least 4 members (excludes halogenated alkanes) is 2. The van der Waals surface area contributed by atoms with Crippen LogP contribution in [-0.2, 0) is 36.9 Å². The molecule has 0 aliphatic heterocycles. The first-order chi connectivity index (χ1) is 23.9. The van der Waals surface area contributed by atoms with Crippen LogP contribution in [0.1, 0.15) is 73.4 Å². The third-order valence-corrected chi connectivity index (χ3v) is 7.56. The van der Waals surface area contributed by atoms with Crippen LogP contribution in [0.25, 0.3) is 11.1 Å². The zero-order valence-corrected chi connectivity index (χ0v) is 28.1. The standard InChI is InChI=1S/C31H37ClN8O10/c1-3-4-12-26-35-28(32)27(31(42)49-20(2)30(41)47-17-8-7-9-23(50-40(45)46)19-48-39(43)44)38(26)18-21-13-15-22(16-14-21)24-10-5-6-11-25(24)29(33)36-37-34/h5-6,10-11,13-16,20,23H,3-4,7-9,12,17-19H2,1-2H3,(H3,33,34,36). The Bertz CT molecular complexity index is 1680. The fraction of sp³-hybridized carbons (Fsp3) is 0.419. The fourth-order valence-electron chi connectivity index (χ4n) is 4.86. The molecule has 2 atom stereocenters. The van der Waals surface area contributed by atoms with Crippen molar-refractivity contribution in [3.05, 3.63) is 96.6 Å². The van der Waals surface area contributed by atoms with Crippen LogP contribution in [-0.4, -0.2) is 62.9 Å². The minimum Gasteiger partial charge on any atom is -0.463 e. The molecule has 1 aromatic heterocycles. The Morgan fingerprint density at radius 1 is 1.08 bits per heavy atom. The van der Waals surface area contributed by atoms with Gasteiger partial charge in [-0.15, -0.1) is 25.3 Å². The summed E-state index contributed by atoms with van der Waals surface area (Å²) in [5, 5.41) is 25.4. The van der Waals surface area contributed by atoms with Crippen LogP contribution >= 0.6 is 11.6 Å². The molecule has 0 fully saturated rings. The third kappa shape index (κ3) is 11.5. The van der Waals surface area contributed by atoms with E-state index in [2.05, 4.69) is 25.0 Å². The van der Waals surface area contributed by atoms with E-state index >= 15 is 0 Å². The number of nitrogens with two attached hydrogens (primary N) is 1. The van der Waals surface area contributed by atoms with E-state index in [0.717, 1.165) is 29.5 Å². The van der Waals surface area contributed by atoms with Gasteiger partial charge in [0.15, 0.2) is 22.8 Å². The molecule has 0 saturated heterocycles. The Labute approximate surface area is 291 Å². The Morgan fingerprint density at radius 2 is 1.80 bits per heavy atom. The van der Waals surface area contributed by atoms with Crippen LogP contribution < -0.4 is 5.73 Å². The quantitative estimate of drug-likeness (QED) is 0.0271. The number of carbonyl (C=O) groups is 2. The maximum Gasteiger partial charge on any atom is 0.359 e. The van der Waals surface area contributed by atoms with Gasteiger partial charge in [0.05, 0.1) is 6.61 Å². The molecule has 19 heteroatoms. The Kier molecular flexibility index (Phi) is 15.0. The number of aromatic nitrogens is 2. The lowest BCUT2D eigenvalue weighted by Crippen LogP contribution is -2.28. The van der Waals surface area contributed by atoms with Gasteiger partial charge >= 0.3 is 11.9 Å². The van der Waals surface area contributed by atoms with Crippen LogP contribution in [0.4, 0.5) is 0 Å². The molecule has 3 aromatic rings. The lowest BCUT2D eigenvalue weighted by atomic mass is 9.98. The molecule has 0 spiro atoms. The van der Waals surface area contributed by atoms with Crippen molar-refractivity contribution in [3.8, 4) is 11.1 Å². The number of hydrogen-bond donors (Lipinski definition) is 2. The summed E-state index contributed by atoms with van der Waals surface area (Å²) in [7, 11) is 0. The molecule has 2 unspecified atom stereocenters. The molecule has 2 aromatic carbocycles. The van der Waals surface area contributed by atoms with Crippen LogP contribution in [0.3, 0.4) is 0 Å². The van der Waals surface area contributed by atoms with Gasteiger partial charge in [-0.2, -0.15) is 5.53 Å². The van der Waals surface area contributed by atoms with Crippen molar-refractivity contribution in [1.82, 2.24) is 9.55 Å². The van der Waals surface area contributed by atoms with Crippen molar-refractivity contribution in [3.63, 3.8) is 0 Å². The molecule has 1 heterocycles. The first-order valence-corrected chi connectivity index (χ1v) is 15.9. The molecule has 0 aliphatic carbocycles. The molecule has 3 rings (SSSR count). The number of nitrogens with one attached hydrogen (secondary N) is 1. The van der Waals surface area contributed by atoms with E-state index in [4.69, 9.17) is 32.3 Å². The molecule has 0 radical (unpaired) electrons. The first-order valence-electron chi connectivity index (χ1n) is 15.5. The van der Waals surface area contributed by atoms with E-state index in [1.54, 1.807) is 16.7 Å². The highest BCUT2D eigenvalue weighted by molar-refractivity contribution is 6.32. The maximum absolute atomic E-state index is 13.4. The number of esters is 2. The number of hydrogen-bond acceptors (Lipinski definition) is 13. The molecule has 0 aliphatic rings. The van der Waals surface area contributed by atoms with Gasteiger partial charge in [0, 0.05) is 18.5 Å². The number of imidazole rings is 1. The molecule has 268 valence electrons.